The zero-order chi connectivity index (χ0) is 12.4. The van der Waals surface area contributed by atoms with Crippen molar-refractivity contribution in [3.8, 4) is 0 Å². The second-order valence-corrected chi connectivity index (χ2v) is 3.25. The molecule has 1 aromatic rings. The first kappa shape index (κ1) is 9.29. The number of hydrogen-bond acceptors (Lipinski definition) is 4. The van der Waals surface area contributed by atoms with Gasteiger partial charge in [-0.1, -0.05) is 0 Å². The van der Waals surface area contributed by atoms with Crippen LogP contribution in [0.25, 0.3) is 0 Å². The number of amides is 1. The molecule has 0 radical (unpaired) electrons. The van der Waals surface area contributed by atoms with Crippen molar-refractivity contribution in [3.63, 3.8) is 0 Å². The lowest BCUT2D eigenvalue weighted by Gasteiger charge is -2.26. The molecule has 1 unspecified atom stereocenters. The minimum Gasteiger partial charge on any atom is -0.370 e. The number of carbonyl (C=O) groups is 1. The van der Waals surface area contributed by atoms with Crippen molar-refractivity contribution >= 4 is 17.3 Å². The maximum atomic E-state index is 11.6. The molecule has 1 fully saturated rings. The van der Waals surface area contributed by atoms with E-state index >= 15 is 0 Å². The molecule has 2 rings (SSSR count). The third-order valence-corrected chi connectivity index (χ3v) is 2.26. The summed E-state index contributed by atoms with van der Waals surface area (Å²) in [4.78, 5) is 23.0. The fourth-order valence-electron chi connectivity index (χ4n) is 1.46. The Morgan fingerprint density at radius 3 is 2.75 bits per heavy atom. The Hall–Kier alpha value is -1.95. The minimum atomic E-state index is -1.21. The smallest absolute Gasteiger partial charge is 0.269 e. The summed E-state index contributed by atoms with van der Waals surface area (Å²) in [6.07, 6.45) is 0. The SMILES string of the molecule is [2H]C1OCCN(c2ccc([N+](=O)[O-])cc2)C1=O. The van der Waals surface area contributed by atoms with E-state index in [1.807, 2.05) is 0 Å². The normalized spacial score (nSPS) is 21.8. The van der Waals surface area contributed by atoms with Gasteiger partial charge < -0.3 is 9.64 Å². The van der Waals surface area contributed by atoms with Gasteiger partial charge in [0, 0.05) is 24.4 Å². The zero-order valence-electron chi connectivity index (χ0n) is 9.33. The topological polar surface area (TPSA) is 72.7 Å². The number of nitrogens with zero attached hydrogens (tertiary/aromatic N) is 2. The third-order valence-electron chi connectivity index (χ3n) is 2.26. The van der Waals surface area contributed by atoms with Crippen molar-refractivity contribution in [2.75, 3.05) is 24.6 Å². The lowest BCUT2D eigenvalue weighted by molar-refractivity contribution is -0.384. The molecule has 1 aromatic carbocycles. The first-order valence-electron chi connectivity index (χ1n) is 5.27. The number of rotatable bonds is 2. The fraction of sp³-hybridized carbons (Fsp3) is 0.300. The van der Waals surface area contributed by atoms with Crippen LogP contribution in [-0.4, -0.2) is 30.6 Å². The molecule has 0 spiro atoms. The van der Waals surface area contributed by atoms with E-state index in [-0.39, 0.29) is 12.3 Å². The van der Waals surface area contributed by atoms with Gasteiger partial charge in [-0.05, 0) is 12.1 Å². The van der Waals surface area contributed by atoms with Gasteiger partial charge >= 0.3 is 0 Å². The van der Waals surface area contributed by atoms with E-state index in [1.165, 1.54) is 29.2 Å². The number of hydrogen-bond donors (Lipinski definition) is 0. The van der Waals surface area contributed by atoms with E-state index in [4.69, 9.17) is 6.11 Å². The van der Waals surface area contributed by atoms with E-state index in [2.05, 4.69) is 0 Å². The lowest BCUT2D eigenvalue weighted by atomic mass is 10.2. The second-order valence-electron chi connectivity index (χ2n) is 3.25. The molecule has 0 aliphatic carbocycles. The van der Waals surface area contributed by atoms with Crippen molar-refractivity contribution in [3.05, 3.63) is 34.4 Å². The molecule has 6 heteroatoms. The maximum Gasteiger partial charge on any atom is 0.269 e. The Balaban J connectivity index is 2.22. The molecule has 1 atom stereocenters. The maximum absolute atomic E-state index is 11.6. The highest BCUT2D eigenvalue weighted by Gasteiger charge is 2.20. The van der Waals surface area contributed by atoms with Crippen molar-refractivity contribution in [1.29, 1.82) is 0 Å². The predicted molar refractivity (Wildman–Crippen MR) is 56.3 cm³/mol. The number of nitro groups is 1. The Labute approximate surface area is 93.0 Å². The van der Waals surface area contributed by atoms with E-state index in [0.717, 1.165) is 0 Å². The van der Waals surface area contributed by atoms with Crippen LogP contribution < -0.4 is 4.90 Å². The zero-order valence-corrected chi connectivity index (χ0v) is 8.33. The summed E-state index contributed by atoms with van der Waals surface area (Å²) >= 11 is 0. The Morgan fingerprint density at radius 1 is 1.44 bits per heavy atom. The standard InChI is InChI=1S/C10H10N2O4/c13-10-7-16-6-5-11(10)8-1-3-9(4-2-8)12(14)15/h1-4H,5-7H2/i7D. The van der Waals surface area contributed by atoms with Crippen LogP contribution in [0, 0.1) is 10.1 Å². The van der Waals surface area contributed by atoms with Crippen LogP contribution in [-0.2, 0) is 9.53 Å². The van der Waals surface area contributed by atoms with Gasteiger partial charge in [-0.15, -0.1) is 0 Å². The summed E-state index contributed by atoms with van der Waals surface area (Å²) in [5.74, 6) is -0.454. The average Bonchev–Trinajstić information content (AvgIpc) is 2.33. The number of benzene rings is 1. The Kier molecular flexibility index (Phi) is 2.48. The highest BCUT2D eigenvalue weighted by Crippen LogP contribution is 2.20. The summed E-state index contributed by atoms with van der Waals surface area (Å²) in [6.45, 7) is -0.568. The monoisotopic (exact) mass is 223 g/mol. The summed E-state index contributed by atoms with van der Waals surface area (Å²) in [5, 5.41) is 10.5. The molecule has 0 aromatic heterocycles. The van der Waals surface area contributed by atoms with Gasteiger partial charge in [-0.2, -0.15) is 0 Å². The molecule has 1 aliphatic heterocycles. The predicted octanol–water partition coefficient (Wildman–Crippen LogP) is 0.958. The number of carbonyl (C=O) groups excluding carboxylic acids is 1. The Bertz CT molecular complexity index is 448. The number of anilines is 1. The van der Waals surface area contributed by atoms with Crippen LogP contribution >= 0.6 is 0 Å². The first-order chi connectivity index (χ1) is 8.09. The number of nitro benzene ring substituents is 1. The molecule has 6 nitrogen and oxygen atoms in total. The molecular weight excluding hydrogens is 212 g/mol. The van der Waals surface area contributed by atoms with E-state index in [0.29, 0.717) is 12.2 Å². The highest BCUT2D eigenvalue weighted by atomic mass is 16.6. The summed E-state index contributed by atoms with van der Waals surface area (Å²) in [6, 6.07) is 5.65. The van der Waals surface area contributed by atoms with Crippen molar-refractivity contribution in [2.24, 2.45) is 0 Å². The first-order valence-corrected chi connectivity index (χ1v) is 4.69. The van der Waals surface area contributed by atoms with Crippen LogP contribution in [0.1, 0.15) is 1.37 Å². The van der Waals surface area contributed by atoms with Crippen LogP contribution in [0.2, 0.25) is 0 Å². The van der Waals surface area contributed by atoms with Crippen molar-refractivity contribution in [1.82, 2.24) is 0 Å². The second kappa shape index (κ2) is 4.28. The van der Waals surface area contributed by atoms with Gasteiger partial charge in [-0.3, -0.25) is 14.9 Å². The molecule has 84 valence electrons. The molecule has 0 N–H and O–H groups in total. The number of non-ortho nitro benzene ring substituents is 1. The van der Waals surface area contributed by atoms with E-state index in [1.54, 1.807) is 0 Å². The molecule has 1 aliphatic rings. The van der Waals surface area contributed by atoms with Gasteiger partial charge in [0.1, 0.15) is 6.58 Å². The quantitative estimate of drug-likeness (QED) is 0.553. The largest absolute Gasteiger partial charge is 0.370 e. The molecule has 1 saturated heterocycles. The van der Waals surface area contributed by atoms with Crippen LogP contribution in [0.15, 0.2) is 24.3 Å². The summed E-state index contributed by atoms with van der Waals surface area (Å²) in [5.41, 5.74) is 0.512. The fourth-order valence-corrected chi connectivity index (χ4v) is 1.46. The minimum absolute atomic E-state index is 0.0307. The Morgan fingerprint density at radius 2 is 2.12 bits per heavy atom. The van der Waals surface area contributed by atoms with Crippen LogP contribution in [0.4, 0.5) is 11.4 Å². The van der Waals surface area contributed by atoms with Gasteiger partial charge in [0.15, 0.2) is 0 Å². The van der Waals surface area contributed by atoms with Gasteiger partial charge in [0.05, 0.1) is 12.9 Å². The van der Waals surface area contributed by atoms with Crippen LogP contribution in [0.3, 0.4) is 0 Å². The molecule has 16 heavy (non-hydrogen) atoms. The molecular formula is C10H10N2O4. The van der Waals surface area contributed by atoms with Crippen molar-refractivity contribution in [2.45, 2.75) is 0 Å². The van der Waals surface area contributed by atoms with E-state index < -0.39 is 17.4 Å². The van der Waals surface area contributed by atoms with Crippen molar-refractivity contribution < 1.29 is 15.8 Å². The number of ether oxygens (including phenoxy) is 1. The van der Waals surface area contributed by atoms with E-state index in [9.17, 15) is 14.9 Å². The highest BCUT2D eigenvalue weighted by molar-refractivity contribution is 5.94. The van der Waals surface area contributed by atoms with Gasteiger partial charge in [0.2, 0.25) is 0 Å². The molecule has 0 bridgehead atoms. The molecule has 0 saturated carbocycles. The number of morpholine rings is 1. The summed E-state index contributed by atoms with van der Waals surface area (Å²) < 4.78 is 12.2. The third kappa shape index (κ3) is 2.01. The lowest BCUT2D eigenvalue weighted by Crippen LogP contribution is -2.41. The molecule has 1 amide bonds. The summed E-state index contributed by atoms with van der Waals surface area (Å²) in [7, 11) is 0. The molecule has 1 heterocycles. The average molecular weight is 223 g/mol. The van der Waals surface area contributed by atoms with Crippen LogP contribution in [0.5, 0.6) is 0 Å². The van der Waals surface area contributed by atoms with Gasteiger partial charge in [-0.25, -0.2) is 0 Å². The van der Waals surface area contributed by atoms with Gasteiger partial charge in [0.25, 0.3) is 11.6 Å².